The number of nitrogens with zero attached hydrogens (tertiary/aromatic N) is 3. The van der Waals surface area contributed by atoms with Crippen LogP contribution in [-0.4, -0.2) is 205 Å². The van der Waals surface area contributed by atoms with Gasteiger partial charge in [0.2, 0.25) is 36.3 Å². The maximum absolute atomic E-state index is 13.6. The number of rotatable bonds is 39. The maximum atomic E-state index is 13.6. The van der Waals surface area contributed by atoms with E-state index in [1.807, 2.05) is 6.07 Å². The summed E-state index contributed by atoms with van der Waals surface area (Å²) in [4.78, 5) is 117. The summed E-state index contributed by atoms with van der Waals surface area (Å²) in [6.45, 7) is 4.20. The van der Waals surface area contributed by atoms with Gasteiger partial charge in [-0.05, 0) is 43.5 Å². The Labute approximate surface area is 476 Å². The van der Waals surface area contributed by atoms with Crippen molar-refractivity contribution in [2.75, 3.05) is 132 Å². The summed E-state index contributed by atoms with van der Waals surface area (Å²) in [5.41, 5.74) is 9.09. The Hall–Kier alpha value is -7.48. The third-order valence-corrected chi connectivity index (χ3v) is 13.3. The summed E-state index contributed by atoms with van der Waals surface area (Å²) >= 11 is 0. The highest BCUT2D eigenvalue weighted by Gasteiger charge is 2.35. The highest BCUT2D eigenvalue weighted by atomic mass is 16.7. The summed E-state index contributed by atoms with van der Waals surface area (Å²) < 4.78 is 51.0. The Balaban J connectivity index is 0.681. The second kappa shape index (κ2) is 33.0. The van der Waals surface area contributed by atoms with Gasteiger partial charge in [-0.1, -0.05) is 0 Å². The fraction of sp³-hybridized carbons (Fsp3) is 0.556. The summed E-state index contributed by atoms with van der Waals surface area (Å²) in [7, 11) is 0. The molecule has 0 unspecified atom stereocenters. The molecule has 1 aromatic carbocycles. The van der Waals surface area contributed by atoms with Crippen LogP contribution < -0.4 is 52.7 Å². The largest absolute Gasteiger partial charge is 0.458 e. The van der Waals surface area contributed by atoms with Crippen molar-refractivity contribution in [3.8, 4) is 22.9 Å². The van der Waals surface area contributed by atoms with Gasteiger partial charge >= 0.3 is 5.97 Å². The number of imide groups is 1. The summed E-state index contributed by atoms with van der Waals surface area (Å²) in [6.07, 6.45) is 2.16. The number of pyridine rings is 2. The Morgan fingerprint density at radius 2 is 1.28 bits per heavy atom. The van der Waals surface area contributed by atoms with Crippen molar-refractivity contribution in [1.82, 2.24) is 46.4 Å². The first-order valence-electron chi connectivity index (χ1n) is 27.5. The number of unbranched alkanes of at least 4 members (excludes halogenated alkanes) is 1. The smallest absolute Gasteiger partial charge is 0.340 e. The number of esters is 1. The number of cyclic esters (lactones) is 1. The summed E-state index contributed by atoms with van der Waals surface area (Å²) in [5, 5.41) is 27.8. The molecule has 9 N–H and O–H groups in total. The molecule has 3 aromatic rings. The molecule has 0 radical (unpaired) electrons. The number of fused-ring (bicyclic) bond motifs is 6. The highest BCUT2D eigenvalue weighted by Crippen LogP contribution is 2.42. The summed E-state index contributed by atoms with van der Waals surface area (Å²) in [5.74, 6) is -2.92. The molecule has 0 saturated heterocycles. The van der Waals surface area contributed by atoms with E-state index in [1.165, 1.54) is 12.2 Å². The Morgan fingerprint density at radius 1 is 0.675 bits per heavy atom. The molecule has 0 bridgehead atoms. The van der Waals surface area contributed by atoms with E-state index in [0.717, 1.165) is 21.4 Å². The van der Waals surface area contributed by atoms with Crippen LogP contribution >= 0.6 is 0 Å². The third-order valence-electron chi connectivity index (χ3n) is 13.3. The minimum atomic E-state index is -1.57. The van der Waals surface area contributed by atoms with Crippen molar-refractivity contribution in [2.24, 2.45) is 5.73 Å². The molecule has 6 heterocycles. The van der Waals surface area contributed by atoms with Crippen LogP contribution in [0.15, 0.2) is 35.1 Å². The molecule has 4 aliphatic rings. The number of aromatic nitrogens is 2. The van der Waals surface area contributed by atoms with Crippen LogP contribution in [0.4, 0.5) is 0 Å². The van der Waals surface area contributed by atoms with Crippen molar-refractivity contribution in [1.29, 1.82) is 0 Å². The molecule has 29 nitrogen and oxygen atoms in total. The average Bonchev–Trinajstić information content (AvgIpc) is 3.62. The minimum Gasteiger partial charge on any atom is -0.458 e. The van der Waals surface area contributed by atoms with Gasteiger partial charge in [0.05, 0.1) is 121 Å². The van der Waals surface area contributed by atoms with Crippen LogP contribution in [0.25, 0.3) is 22.3 Å². The predicted molar refractivity (Wildman–Crippen MR) is 290 cm³/mol. The number of carbonyl (C=O) groups is 8. The number of aliphatic hydroxyl groups is 1. The van der Waals surface area contributed by atoms with Gasteiger partial charge in [-0.2, -0.15) is 0 Å². The van der Waals surface area contributed by atoms with E-state index in [9.17, 15) is 48.3 Å². The van der Waals surface area contributed by atoms with Crippen LogP contribution in [0, 0.1) is 0 Å². The number of ether oxygens (including phenoxy) is 9. The van der Waals surface area contributed by atoms with Crippen molar-refractivity contribution in [3.05, 3.63) is 63.0 Å². The molecule has 83 heavy (non-hydrogen) atoms. The molecule has 2 atom stereocenters. The Morgan fingerprint density at radius 3 is 1.95 bits per heavy atom. The molecule has 0 saturated carbocycles. The van der Waals surface area contributed by atoms with E-state index in [2.05, 4.69) is 31.9 Å². The van der Waals surface area contributed by atoms with Gasteiger partial charge in [-0.15, -0.1) is 0 Å². The van der Waals surface area contributed by atoms with Crippen LogP contribution in [0.3, 0.4) is 0 Å². The minimum absolute atomic E-state index is 0.00419. The monoisotopic (exact) mass is 1160 g/mol. The molecular weight excluding hydrogens is 1090 g/mol. The molecule has 4 aliphatic heterocycles. The first-order valence-corrected chi connectivity index (χ1v) is 27.5. The second-order valence-electron chi connectivity index (χ2n) is 19.1. The zero-order valence-electron chi connectivity index (χ0n) is 46.1. The number of amides is 7. The van der Waals surface area contributed by atoms with E-state index in [4.69, 9.17) is 53.3 Å². The zero-order valence-corrected chi connectivity index (χ0v) is 46.1. The maximum Gasteiger partial charge on any atom is 0.340 e. The SMILES string of the molecule is NCCCC[C@H](NC(=O)CNC(=O)CCOCCOCCOCCOCCNC(=O)CCN1C(=O)C=CC1=O)C(=O)NCC(=O)NCCOCCOCCNCc1c2c(nc3cc4c(cc13)OCO4)-c1cc3c(c(=O)n1C2)COC(=O)[C@H]3O. The predicted octanol–water partition coefficient (Wildman–Crippen LogP) is -2.78. The summed E-state index contributed by atoms with van der Waals surface area (Å²) in [6, 6.07) is 4.33. The second-order valence-corrected chi connectivity index (χ2v) is 19.1. The van der Waals surface area contributed by atoms with Gasteiger partial charge in [0.15, 0.2) is 17.6 Å². The number of aliphatic hydroxyl groups excluding tert-OH is 1. The normalized spacial score (nSPS) is 15.0. The van der Waals surface area contributed by atoms with Gasteiger partial charge < -0.3 is 89.9 Å². The quantitative estimate of drug-likeness (QED) is 0.0127. The van der Waals surface area contributed by atoms with Crippen molar-refractivity contribution >= 4 is 58.2 Å². The fourth-order valence-electron chi connectivity index (χ4n) is 9.01. The number of hydrogen-bond acceptors (Lipinski definition) is 22. The topological polar surface area (TPSA) is 376 Å². The molecular formula is C54H72N10O19. The number of benzene rings is 1. The Kier molecular flexibility index (Phi) is 25.1. The van der Waals surface area contributed by atoms with Crippen LogP contribution in [0.5, 0.6) is 11.5 Å². The molecule has 0 aliphatic carbocycles. The first-order chi connectivity index (χ1) is 40.3. The van der Waals surface area contributed by atoms with Gasteiger partial charge in [-0.25, -0.2) is 9.78 Å². The van der Waals surface area contributed by atoms with E-state index in [-0.39, 0.29) is 141 Å². The molecule has 0 fully saturated rings. The molecule has 0 spiro atoms. The lowest BCUT2D eigenvalue weighted by Crippen LogP contribution is -2.51. The fourth-order valence-corrected chi connectivity index (χ4v) is 9.01. The lowest BCUT2D eigenvalue weighted by atomic mass is 9.98. The van der Waals surface area contributed by atoms with E-state index in [0.29, 0.717) is 93.9 Å². The van der Waals surface area contributed by atoms with Crippen LogP contribution in [-0.2, 0) is 91.2 Å². The van der Waals surface area contributed by atoms with Gasteiger partial charge in [0, 0.05) is 80.3 Å². The number of hydrogen-bond donors (Lipinski definition) is 8. The molecule has 452 valence electrons. The average molecular weight is 1170 g/mol. The van der Waals surface area contributed by atoms with Gasteiger partial charge in [0.1, 0.15) is 12.6 Å². The lowest BCUT2D eigenvalue weighted by Gasteiger charge is -2.21. The van der Waals surface area contributed by atoms with Crippen molar-refractivity contribution in [3.63, 3.8) is 0 Å². The van der Waals surface area contributed by atoms with Crippen LogP contribution in [0.1, 0.15) is 60.5 Å². The lowest BCUT2D eigenvalue weighted by molar-refractivity contribution is -0.157. The molecule has 7 rings (SSSR count). The Bertz CT molecular complexity index is 2860. The van der Waals surface area contributed by atoms with Gasteiger partial charge in [0.25, 0.3) is 17.4 Å². The molecule has 29 heteroatoms. The van der Waals surface area contributed by atoms with Gasteiger partial charge in [-0.3, -0.25) is 43.3 Å². The number of carbonyl (C=O) groups excluding carboxylic acids is 8. The number of nitrogens with two attached hydrogens (primary N) is 1. The highest BCUT2D eigenvalue weighted by molar-refractivity contribution is 6.13. The van der Waals surface area contributed by atoms with Crippen molar-refractivity contribution < 1.29 is 86.1 Å². The third kappa shape index (κ3) is 18.8. The molecule has 2 aromatic heterocycles. The standard InChI is InChI=1S/C54H72N10O19/c55-8-2-1-3-39(61-47(68)30-59-45(66)7-13-75-17-21-79-23-24-80-22-20-77-15-10-57-44(65)6-12-63-48(69)4-5-49(63)70)52(72)60-29-46(67)58-11-16-78-19-18-76-14-9-56-28-36-34-26-42-43(83-33-82-42)27-40(34)62-50-37(36)31-64-41(50)25-35-38(53(64)73)32-81-54(74)51(35)71/h4-5,25-27,39,51,56,71H,1-3,6-24,28-33,55H2,(H,57,65)(H,58,67)(H,59,66)(H,60,72)(H,61,68)/t39-,51-/m0/s1. The number of nitrogens with one attached hydrogen (secondary N) is 6. The van der Waals surface area contributed by atoms with E-state index < -0.39 is 53.6 Å². The zero-order chi connectivity index (χ0) is 58.9. The van der Waals surface area contributed by atoms with Crippen molar-refractivity contribution in [2.45, 2.75) is 63.9 Å². The first kappa shape index (κ1) is 63.1. The van der Waals surface area contributed by atoms with E-state index in [1.54, 1.807) is 16.7 Å². The van der Waals surface area contributed by atoms with Crippen LogP contribution in [0.2, 0.25) is 0 Å². The van der Waals surface area contributed by atoms with E-state index >= 15 is 0 Å². The molecule has 7 amide bonds.